The number of rotatable bonds is 6. The van der Waals surface area contributed by atoms with Gasteiger partial charge < -0.3 is 9.88 Å². The number of nitrogens with one attached hydrogen (secondary N) is 1. The van der Waals surface area contributed by atoms with Gasteiger partial charge in [0.15, 0.2) is 0 Å². The first-order chi connectivity index (χ1) is 10.9. The van der Waals surface area contributed by atoms with E-state index in [2.05, 4.69) is 37.4 Å². The molecule has 1 heterocycles. The van der Waals surface area contributed by atoms with Crippen molar-refractivity contribution in [2.45, 2.75) is 46.2 Å². The summed E-state index contributed by atoms with van der Waals surface area (Å²) in [4.78, 5) is 23.6. The van der Waals surface area contributed by atoms with E-state index in [-0.39, 0.29) is 17.5 Å². The van der Waals surface area contributed by atoms with Crippen molar-refractivity contribution >= 4 is 5.91 Å². The molecule has 1 atom stereocenters. The van der Waals surface area contributed by atoms with E-state index in [1.807, 2.05) is 6.92 Å². The van der Waals surface area contributed by atoms with Crippen molar-refractivity contribution in [3.63, 3.8) is 0 Å². The van der Waals surface area contributed by atoms with Crippen LogP contribution in [-0.4, -0.2) is 16.5 Å². The van der Waals surface area contributed by atoms with Gasteiger partial charge in [-0.15, -0.1) is 0 Å². The van der Waals surface area contributed by atoms with Crippen molar-refractivity contribution in [1.82, 2.24) is 9.88 Å². The highest BCUT2D eigenvalue weighted by Gasteiger charge is 2.09. The van der Waals surface area contributed by atoms with Gasteiger partial charge >= 0.3 is 0 Å². The van der Waals surface area contributed by atoms with Crippen molar-refractivity contribution in [1.29, 1.82) is 0 Å². The molecule has 1 N–H and O–H groups in total. The van der Waals surface area contributed by atoms with E-state index < -0.39 is 0 Å². The van der Waals surface area contributed by atoms with Crippen molar-refractivity contribution in [2.75, 3.05) is 0 Å². The molecule has 0 fully saturated rings. The highest BCUT2D eigenvalue weighted by Crippen LogP contribution is 2.11. The Morgan fingerprint density at radius 3 is 2.52 bits per heavy atom. The largest absolute Gasteiger partial charge is 0.353 e. The molecule has 0 saturated carbocycles. The molecule has 0 spiro atoms. The van der Waals surface area contributed by atoms with Gasteiger partial charge in [-0.25, -0.2) is 0 Å². The Morgan fingerprint density at radius 2 is 1.87 bits per heavy atom. The Labute approximate surface area is 137 Å². The van der Waals surface area contributed by atoms with Gasteiger partial charge in [0.1, 0.15) is 0 Å². The molecule has 0 aliphatic heterocycles. The van der Waals surface area contributed by atoms with Crippen LogP contribution in [0, 0.1) is 13.8 Å². The molecular weight excluding hydrogens is 288 g/mol. The Balaban J connectivity index is 1.85. The number of nitrogens with zero attached hydrogens (tertiary/aromatic N) is 1. The van der Waals surface area contributed by atoms with Crippen LogP contribution < -0.4 is 10.9 Å². The number of amides is 1. The lowest BCUT2D eigenvalue weighted by atomic mass is 10.0. The summed E-state index contributed by atoms with van der Waals surface area (Å²) in [5.41, 5.74) is 3.63. The zero-order valence-electron chi connectivity index (χ0n) is 14.0. The minimum absolute atomic E-state index is 0.0300. The average Bonchev–Trinajstić information content (AvgIpc) is 2.45. The molecule has 0 aliphatic rings. The van der Waals surface area contributed by atoms with Gasteiger partial charge in [-0.1, -0.05) is 35.4 Å². The zero-order chi connectivity index (χ0) is 16.8. The molecule has 4 nitrogen and oxygen atoms in total. The number of aromatic nitrogens is 1. The first-order valence-corrected chi connectivity index (χ1v) is 7.96. The number of benzene rings is 1. The van der Waals surface area contributed by atoms with E-state index in [4.69, 9.17) is 0 Å². The van der Waals surface area contributed by atoms with Crippen molar-refractivity contribution < 1.29 is 4.79 Å². The first kappa shape index (κ1) is 17.0. The molecule has 0 bridgehead atoms. The van der Waals surface area contributed by atoms with Gasteiger partial charge in [0.25, 0.3) is 5.56 Å². The van der Waals surface area contributed by atoms with Crippen LogP contribution in [0.15, 0.2) is 47.4 Å². The zero-order valence-corrected chi connectivity index (χ0v) is 14.0. The summed E-state index contributed by atoms with van der Waals surface area (Å²) in [6.45, 7) is 6.57. The van der Waals surface area contributed by atoms with E-state index in [0.717, 1.165) is 6.42 Å². The van der Waals surface area contributed by atoms with Gasteiger partial charge in [0.05, 0.1) is 0 Å². The molecule has 2 rings (SSSR count). The third kappa shape index (κ3) is 5.40. The van der Waals surface area contributed by atoms with Crippen LogP contribution in [0.1, 0.15) is 30.0 Å². The van der Waals surface area contributed by atoms with Gasteiger partial charge in [-0.2, -0.15) is 0 Å². The number of hydrogen-bond acceptors (Lipinski definition) is 2. The van der Waals surface area contributed by atoms with E-state index in [9.17, 15) is 9.59 Å². The maximum Gasteiger partial charge on any atom is 0.250 e. The molecule has 0 aliphatic carbocycles. The number of hydrogen-bond donors (Lipinski definition) is 1. The quantitative estimate of drug-likeness (QED) is 0.891. The normalized spacial score (nSPS) is 12.0. The van der Waals surface area contributed by atoms with Gasteiger partial charge in [-0.3, -0.25) is 9.59 Å². The highest BCUT2D eigenvalue weighted by atomic mass is 16.2. The maximum atomic E-state index is 12.0. The number of aryl methyl sites for hydroxylation is 3. The Hall–Kier alpha value is -2.36. The molecule has 2 aromatic rings. The van der Waals surface area contributed by atoms with Gasteiger partial charge in [-0.05, 0) is 38.8 Å². The Bertz CT molecular complexity index is 714. The van der Waals surface area contributed by atoms with Crippen molar-refractivity contribution in [3.8, 4) is 0 Å². The highest BCUT2D eigenvalue weighted by molar-refractivity contribution is 5.76. The standard InChI is InChI=1S/C19H24N2O2/c1-14-10-15(2)12-17(11-14)13-16(3)20-18(22)7-9-21-8-5-4-6-19(21)23/h4-6,8,10-12,16H,7,9,13H2,1-3H3,(H,20,22)/t16-/m1/s1. The lowest BCUT2D eigenvalue weighted by molar-refractivity contribution is -0.121. The molecule has 0 saturated heterocycles. The Kier molecular flexibility index (Phi) is 5.74. The molecule has 1 aromatic carbocycles. The van der Waals surface area contributed by atoms with Crippen LogP contribution in [0.2, 0.25) is 0 Å². The molecule has 1 aromatic heterocycles. The molecular formula is C19H24N2O2. The number of carbonyl (C=O) groups excluding carboxylic acids is 1. The number of carbonyl (C=O) groups is 1. The van der Waals surface area contributed by atoms with E-state index in [1.165, 1.54) is 22.8 Å². The summed E-state index contributed by atoms with van der Waals surface area (Å²) in [6, 6.07) is 11.5. The summed E-state index contributed by atoms with van der Waals surface area (Å²) in [7, 11) is 0. The summed E-state index contributed by atoms with van der Waals surface area (Å²) >= 11 is 0. The molecule has 1 amide bonds. The predicted octanol–water partition coefficient (Wildman–Crippen LogP) is 2.60. The van der Waals surface area contributed by atoms with Gasteiger partial charge in [0.2, 0.25) is 5.91 Å². The lowest BCUT2D eigenvalue weighted by Crippen LogP contribution is -2.35. The molecule has 122 valence electrons. The van der Waals surface area contributed by atoms with Crippen molar-refractivity contribution in [3.05, 3.63) is 69.6 Å². The second kappa shape index (κ2) is 7.77. The van der Waals surface area contributed by atoms with E-state index in [1.54, 1.807) is 22.9 Å². The fraction of sp³-hybridized carbons (Fsp3) is 0.368. The van der Waals surface area contributed by atoms with Crippen LogP contribution in [0.4, 0.5) is 0 Å². The van der Waals surface area contributed by atoms with Crippen molar-refractivity contribution in [2.24, 2.45) is 0 Å². The maximum absolute atomic E-state index is 12.0. The predicted molar refractivity (Wildman–Crippen MR) is 92.5 cm³/mol. The van der Waals surface area contributed by atoms with E-state index in [0.29, 0.717) is 13.0 Å². The smallest absolute Gasteiger partial charge is 0.250 e. The third-order valence-electron chi connectivity index (χ3n) is 3.71. The second-order valence-electron chi connectivity index (χ2n) is 6.15. The minimum atomic E-state index is -0.0800. The fourth-order valence-electron chi connectivity index (χ4n) is 2.81. The van der Waals surface area contributed by atoms with Gasteiger partial charge in [0, 0.05) is 31.3 Å². The summed E-state index contributed by atoms with van der Waals surface area (Å²) in [5, 5.41) is 3.00. The SMILES string of the molecule is Cc1cc(C)cc(C[C@@H](C)NC(=O)CCn2ccccc2=O)c1. The molecule has 0 radical (unpaired) electrons. The monoisotopic (exact) mass is 312 g/mol. The van der Waals surface area contributed by atoms with Crippen LogP contribution in [0.3, 0.4) is 0 Å². The topological polar surface area (TPSA) is 51.1 Å². The summed E-state index contributed by atoms with van der Waals surface area (Å²) in [6.07, 6.45) is 2.81. The summed E-state index contributed by atoms with van der Waals surface area (Å²) < 4.78 is 1.55. The van der Waals surface area contributed by atoms with Crippen LogP contribution in [0.25, 0.3) is 0 Å². The second-order valence-corrected chi connectivity index (χ2v) is 6.15. The average molecular weight is 312 g/mol. The number of pyridine rings is 1. The van der Waals surface area contributed by atoms with Crippen LogP contribution in [0.5, 0.6) is 0 Å². The van der Waals surface area contributed by atoms with Crippen LogP contribution >= 0.6 is 0 Å². The summed E-state index contributed by atoms with van der Waals surface area (Å²) in [5.74, 6) is -0.0300. The molecule has 4 heteroatoms. The lowest BCUT2D eigenvalue weighted by Gasteiger charge is -2.15. The molecule has 0 unspecified atom stereocenters. The van der Waals surface area contributed by atoms with E-state index >= 15 is 0 Å². The molecule has 23 heavy (non-hydrogen) atoms. The fourth-order valence-corrected chi connectivity index (χ4v) is 2.81. The van der Waals surface area contributed by atoms with Crippen LogP contribution in [-0.2, 0) is 17.8 Å². The first-order valence-electron chi connectivity index (χ1n) is 7.96. The minimum Gasteiger partial charge on any atom is -0.353 e. The Morgan fingerprint density at radius 1 is 1.17 bits per heavy atom. The third-order valence-corrected chi connectivity index (χ3v) is 3.71.